The molecule has 2 aromatic carbocycles. The lowest BCUT2D eigenvalue weighted by Crippen LogP contribution is -1.87. The van der Waals surface area contributed by atoms with Crippen LogP contribution in [0.5, 0.6) is 0 Å². The standard InChI is InChI=1S/C21H28S/c1-2-3-4-5-6-7-9-13-19-14-12-17-21(18-19)22-20-15-10-8-11-16-20/h8,10-12,14-18H,2-7,9,13H2,1H3. The quantitative estimate of drug-likeness (QED) is 0.420. The van der Waals surface area contributed by atoms with E-state index in [9.17, 15) is 0 Å². The third-order valence-corrected chi connectivity index (χ3v) is 4.94. The maximum atomic E-state index is 2.36. The second-order valence-corrected chi connectivity index (χ2v) is 7.08. The second kappa shape index (κ2) is 10.5. The molecule has 0 spiro atoms. The van der Waals surface area contributed by atoms with Gasteiger partial charge in [0.15, 0.2) is 0 Å². The average molecular weight is 313 g/mol. The van der Waals surface area contributed by atoms with Crippen LogP contribution in [-0.2, 0) is 6.42 Å². The monoisotopic (exact) mass is 312 g/mol. The van der Waals surface area contributed by atoms with Crippen molar-refractivity contribution in [2.75, 3.05) is 0 Å². The first kappa shape index (κ1) is 17.1. The van der Waals surface area contributed by atoms with Gasteiger partial charge in [-0.05, 0) is 42.7 Å². The fourth-order valence-corrected chi connectivity index (χ4v) is 3.60. The van der Waals surface area contributed by atoms with Crippen molar-refractivity contribution in [3.05, 3.63) is 60.2 Å². The van der Waals surface area contributed by atoms with Gasteiger partial charge in [-0.3, -0.25) is 0 Å². The summed E-state index contributed by atoms with van der Waals surface area (Å²) in [5.74, 6) is 0. The zero-order chi connectivity index (χ0) is 15.5. The van der Waals surface area contributed by atoms with Crippen molar-refractivity contribution in [3.63, 3.8) is 0 Å². The van der Waals surface area contributed by atoms with Crippen LogP contribution in [0.15, 0.2) is 64.4 Å². The average Bonchev–Trinajstić information content (AvgIpc) is 2.55. The summed E-state index contributed by atoms with van der Waals surface area (Å²) >= 11 is 1.85. The first-order valence-corrected chi connectivity index (χ1v) is 9.52. The number of hydrogen-bond acceptors (Lipinski definition) is 1. The van der Waals surface area contributed by atoms with Crippen molar-refractivity contribution in [2.45, 2.75) is 68.1 Å². The highest BCUT2D eigenvalue weighted by Gasteiger charge is 1.99. The molecule has 118 valence electrons. The Hall–Kier alpha value is -1.21. The van der Waals surface area contributed by atoms with E-state index in [1.54, 1.807) is 0 Å². The van der Waals surface area contributed by atoms with Crippen LogP contribution in [0.2, 0.25) is 0 Å². The van der Waals surface area contributed by atoms with E-state index in [4.69, 9.17) is 0 Å². The minimum absolute atomic E-state index is 1.22. The van der Waals surface area contributed by atoms with Gasteiger partial charge in [0.05, 0.1) is 0 Å². The Kier molecular flexibility index (Phi) is 8.19. The Morgan fingerprint density at radius 2 is 1.36 bits per heavy atom. The maximum Gasteiger partial charge on any atom is 0.0125 e. The highest BCUT2D eigenvalue weighted by molar-refractivity contribution is 7.99. The summed E-state index contributed by atoms with van der Waals surface area (Å²) in [5.41, 5.74) is 1.48. The summed E-state index contributed by atoms with van der Waals surface area (Å²) in [5, 5.41) is 0. The van der Waals surface area contributed by atoms with Gasteiger partial charge in [-0.1, -0.05) is 87.5 Å². The lowest BCUT2D eigenvalue weighted by atomic mass is 10.0. The Bertz CT molecular complexity index is 518. The molecule has 0 atom stereocenters. The Labute approximate surface area is 140 Å². The molecule has 0 amide bonds. The second-order valence-electron chi connectivity index (χ2n) is 5.93. The first-order chi connectivity index (χ1) is 10.9. The van der Waals surface area contributed by atoms with Gasteiger partial charge in [0, 0.05) is 9.79 Å². The molecule has 0 heterocycles. The topological polar surface area (TPSA) is 0 Å². The van der Waals surface area contributed by atoms with Crippen molar-refractivity contribution < 1.29 is 0 Å². The number of unbranched alkanes of at least 4 members (excludes halogenated alkanes) is 6. The molecule has 0 saturated heterocycles. The summed E-state index contributed by atoms with van der Waals surface area (Å²) in [7, 11) is 0. The van der Waals surface area contributed by atoms with Crippen molar-refractivity contribution >= 4 is 11.8 Å². The van der Waals surface area contributed by atoms with Crippen molar-refractivity contribution in [3.8, 4) is 0 Å². The molecular formula is C21H28S. The molecule has 0 N–H and O–H groups in total. The van der Waals surface area contributed by atoms with E-state index in [0.717, 1.165) is 0 Å². The lowest BCUT2D eigenvalue weighted by Gasteiger charge is -2.06. The van der Waals surface area contributed by atoms with Gasteiger partial charge >= 0.3 is 0 Å². The zero-order valence-electron chi connectivity index (χ0n) is 13.8. The minimum Gasteiger partial charge on any atom is -0.0901 e. The summed E-state index contributed by atoms with van der Waals surface area (Å²) in [6.45, 7) is 2.28. The molecule has 0 radical (unpaired) electrons. The van der Waals surface area contributed by atoms with Crippen LogP contribution in [0.3, 0.4) is 0 Å². The number of aryl methyl sites for hydroxylation is 1. The summed E-state index contributed by atoms with van der Waals surface area (Å²) in [6, 6.07) is 19.7. The number of benzene rings is 2. The first-order valence-electron chi connectivity index (χ1n) is 8.70. The van der Waals surface area contributed by atoms with E-state index in [1.165, 1.54) is 66.7 Å². The lowest BCUT2D eigenvalue weighted by molar-refractivity contribution is 0.589. The molecule has 0 saturated carbocycles. The van der Waals surface area contributed by atoms with Crippen LogP contribution in [0.1, 0.15) is 57.4 Å². The van der Waals surface area contributed by atoms with Gasteiger partial charge in [0.25, 0.3) is 0 Å². The van der Waals surface area contributed by atoms with Crippen LogP contribution >= 0.6 is 11.8 Å². The van der Waals surface area contributed by atoms with Gasteiger partial charge in [-0.25, -0.2) is 0 Å². The molecule has 2 rings (SSSR count). The van der Waals surface area contributed by atoms with Crippen molar-refractivity contribution in [1.82, 2.24) is 0 Å². The van der Waals surface area contributed by atoms with Crippen molar-refractivity contribution in [1.29, 1.82) is 0 Å². The molecule has 22 heavy (non-hydrogen) atoms. The molecular weight excluding hydrogens is 284 g/mol. The van der Waals surface area contributed by atoms with Gasteiger partial charge in [-0.2, -0.15) is 0 Å². The predicted molar refractivity (Wildman–Crippen MR) is 98.7 cm³/mol. The van der Waals surface area contributed by atoms with Gasteiger partial charge < -0.3 is 0 Å². The third-order valence-electron chi connectivity index (χ3n) is 3.95. The van der Waals surface area contributed by atoms with E-state index in [2.05, 4.69) is 61.5 Å². The summed E-state index contributed by atoms with van der Waals surface area (Å²) in [6.07, 6.45) is 10.9. The smallest absolute Gasteiger partial charge is 0.0125 e. The van der Waals surface area contributed by atoms with E-state index in [-0.39, 0.29) is 0 Å². The zero-order valence-corrected chi connectivity index (χ0v) is 14.6. The fraction of sp³-hybridized carbons (Fsp3) is 0.429. The number of rotatable bonds is 10. The summed E-state index contributed by atoms with van der Waals surface area (Å²) < 4.78 is 0. The van der Waals surface area contributed by atoms with Crippen LogP contribution in [0.25, 0.3) is 0 Å². The molecule has 0 aliphatic carbocycles. The molecule has 0 aliphatic heterocycles. The Balaban J connectivity index is 1.72. The molecule has 0 aromatic heterocycles. The Morgan fingerprint density at radius 3 is 2.14 bits per heavy atom. The fourth-order valence-electron chi connectivity index (χ4n) is 2.68. The maximum absolute atomic E-state index is 2.36. The molecule has 2 aromatic rings. The van der Waals surface area contributed by atoms with Gasteiger partial charge in [-0.15, -0.1) is 0 Å². The van der Waals surface area contributed by atoms with E-state index >= 15 is 0 Å². The van der Waals surface area contributed by atoms with Crippen LogP contribution < -0.4 is 0 Å². The largest absolute Gasteiger partial charge is 0.0901 e. The Morgan fingerprint density at radius 1 is 0.682 bits per heavy atom. The SMILES string of the molecule is CCCCCCCCCc1cccc(Sc2ccccc2)c1. The molecule has 1 heteroatoms. The van der Waals surface area contributed by atoms with E-state index in [1.807, 2.05) is 11.8 Å². The van der Waals surface area contributed by atoms with Gasteiger partial charge in [0.1, 0.15) is 0 Å². The highest BCUT2D eigenvalue weighted by atomic mass is 32.2. The molecule has 0 aliphatic rings. The molecule has 0 fully saturated rings. The molecule has 0 bridgehead atoms. The van der Waals surface area contributed by atoms with E-state index < -0.39 is 0 Å². The number of hydrogen-bond donors (Lipinski definition) is 0. The third kappa shape index (κ3) is 6.70. The van der Waals surface area contributed by atoms with Crippen LogP contribution in [0, 0.1) is 0 Å². The molecule has 0 unspecified atom stereocenters. The predicted octanol–water partition coefficient (Wildman–Crippen LogP) is 7.13. The summed E-state index contributed by atoms with van der Waals surface area (Å²) in [4.78, 5) is 2.67. The highest BCUT2D eigenvalue weighted by Crippen LogP contribution is 2.28. The van der Waals surface area contributed by atoms with Crippen molar-refractivity contribution in [2.24, 2.45) is 0 Å². The van der Waals surface area contributed by atoms with Crippen LogP contribution in [-0.4, -0.2) is 0 Å². The van der Waals surface area contributed by atoms with E-state index in [0.29, 0.717) is 0 Å². The normalized spacial score (nSPS) is 10.8. The van der Waals surface area contributed by atoms with Gasteiger partial charge in [0.2, 0.25) is 0 Å². The molecule has 0 nitrogen and oxygen atoms in total. The van der Waals surface area contributed by atoms with Crippen LogP contribution in [0.4, 0.5) is 0 Å². The minimum atomic E-state index is 1.22.